The zero-order chi connectivity index (χ0) is 15.6. The van der Waals surface area contributed by atoms with Gasteiger partial charge in [-0.25, -0.2) is 8.42 Å². The van der Waals surface area contributed by atoms with Crippen LogP contribution >= 0.6 is 0 Å². The van der Waals surface area contributed by atoms with Crippen LogP contribution in [-0.4, -0.2) is 44.0 Å². The lowest BCUT2D eigenvalue weighted by molar-refractivity contribution is -0.123. The summed E-state index contributed by atoms with van der Waals surface area (Å²) in [6, 6.07) is -0.265. The second-order valence-corrected chi connectivity index (χ2v) is 9.87. The summed E-state index contributed by atoms with van der Waals surface area (Å²) >= 11 is 0. The largest absolute Gasteiger partial charge is 0.351 e. The van der Waals surface area contributed by atoms with Crippen molar-refractivity contribution in [1.82, 2.24) is 10.6 Å². The van der Waals surface area contributed by atoms with E-state index in [0.29, 0.717) is 6.54 Å². The number of carbonyl (C=O) groups is 1. The lowest BCUT2D eigenvalue weighted by Crippen LogP contribution is -2.51. The fraction of sp³-hybridized carbons (Fsp3) is 0.929. The van der Waals surface area contributed by atoms with Gasteiger partial charge in [-0.05, 0) is 25.7 Å². The van der Waals surface area contributed by atoms with E-state index in [1.165, 1.54) is 0 Å². The lowest BCUT2D eigenvalue weighted by Gasteiger charge is -2.34. The number of sulfone groups is 1. The Morgan fingerprint density at radius 1 is 1.25 bits per heavy atom. The van der Waals surface area contributed by atoms with Crippen molar-refractivity contribution in [3.63, 3.8) is 0 Å². The van der Waals surface area contributed by atoms with E-state index < -0.39 is 9.84 Å². The molecular weight excluding hydrogens is 276 g/mol. The minimum Gasteiger partial charge on any atom is -0.351 e. The molecule has 1 aliphatic rings. The molecule has 2 N–H and O–H groups in total. The van der Waals surface area contributed by atoms with E-state index in [1.807, 2.05) is 13.8 Å². The Morgan fingerprint density at radius 2 is 1.85 bits per heavy atom. The van der Waals surface area contributed by atoms with Gasteiger partial charge in [-0.15, -0.1) is 0 Å². The molecule has 6 heteroatoms. The van der Waals surface area contributed by atoms with Crippen LogP contribution in [0, 0.1) is 5.41 Å². The molecular formula is C14H28N2O3S. The number of carbonyl (C=O) groups excluding carboxylic acids is 1. The molecule has 0 spiro atoms. The van der Waals surface area contributed by atoms with Gasteiger partial charge >= 0.3 is 0 Å². The van der Waals surface area contributed by atoms with Gasteiger partial charge in [0.1, 0.15) is 0 Å². The van der Waals surface area contributed by atoms with Crippen LogP contribution in [0.5, 0.6) is 0 Å². The maximum absolute atomic E-state index is 12.1. The second kappa shape index (κ2) is 6.02. The molecule has 1 atom stereocenters. The molecule has 0 aromatic rings. The third-order valence-corrected chi connectivity index (χ3v) is 4.92. The van der Waals surface area contributed by atoms with Crippen molar-refractivity contribution in [2.24, 2.45) is 5.41 Å². The molecule has 1 heterocycles. The number of hydrogen-bond acceptors (Lipinski definition) is 4. The van der Waals surface area contributed by atoms with E-state index in [-0.39, 0.29) is 40.8 Å². The minimum absolute atomic E-state index is 0.0557. The van der Waals surface area contributed by atoms with E-state index >= 15 is 0 Å². The molecule has 1 unspecified atom stereocenters. The molecule has 5 nitrogen and oxygen atoms in total. The van der Waals surface area contributed by atoms with E-state index in [2.05, 4.69) is 31.4 Å². The smallest absolute Gasteiger partial charge is 0.222 e. The normalized spacial score (nSPS) is 23.4. The molecule has 1 aliphatic heterocycles. The molecule has 1 amide bonds. The van der Waals surface area contributed by atoms with Crippen LogP contribution in [0.15, 0.2) is 0 Å². The van der Waals surface area contributed by atoms with Gasteiger partial charge < -0.3 is 10.6 Å². The molecule has 0 aromatic carbocycles. The molecule has 0 saturated carbocycles. The molecule has 0 aliphatic carbocycles. The van der Waals surface area contributed by atoms with Crippen LogP contribution in [0.3, 0.4) is 0 Å². The monoisotopic (exact) mass is 304 g/mol. The fourth-order valence-electron chi connectivity index (χ4n) is 3.02. The van der Waals surface area contributed by atoms with Gasteiger partial charge in [0.2, 0.25) is 5.91 Å². The molecule has 20 heavy (non-hydrogen) atoms. The predicted molar refractivity (Wildman–Crippen MR) is 81.4 cm³/mol. The SMILES string of the molecule is CC(C)(C)CC(C)(C)NC(=O)CC1CS(=O)(=O)CCN1. The first kappa shape index (κ1) is 17.4. The van der Waals surface area contributed by atoms with Crippen LogP contribution in [0.1, 0.15) is 47.5 Å². The quantitative estimate of drug-likeness (QED) is 0.815. The molecule has 118 valence electrons. The zero-order valence-electron chi connectivity index (χ0n) is 13.2. The third kappa shape index (κ3) is 6.70. The summed E-state index contributed by atoms with van der Waals surface area (Å²) in [6.07, 6.45) is 1.08. The first-order valence-corrected chi connectivity index (χ1v) is 8.96. The van der Waals surface area contributed by atoms with Crippen molar-refractivity contribution < 1.29 is 13.2 Å². The summed E-state index contributed by atoms with van der Waals surface area (Å²) in [5, 5.41) is 6.11. The van der Waals surface area contributed by atoms with Gasteiger partial charge in [0.05, 0.1) is 11.5 Å². The Morgan fingerprint density at radius 3 is 2.35 bits per heavy atom. The average Bonchev–Trinajstić information content (AvgIpc) is 2.08. The summed E-state index contributed by atoms with van der Waals surface area (Å²) in [4.78, 5) is 12.1. The van der Waals surface area contributed by atoms with Crippen molar-refractivity contribution in [3.05, 3.63) is 0 Å². The maximum Gasteiger partial charge on any atom is 0.222 e. The van der Waals surface area contributed by atoms with Gasteiger partial charge in [-0.1, -0.05) is 20.8 Å². The molecule has 0 aromatic heterocycles. The molecule has 1 rings (SSSR count). The molecule has 0 radical (unpaired) electrons. The first-order valence-electron chi connectivity index (χ1n) is 7.13. The second-order valence-electron chi connectivity index (χ2n) is 7.64. The van der Waals surface area contributed by atoms with Crippen molar-refractivity contribution in [3.8, 4) is 0 Å². The number of nitrogens with one attached hydrogen (secondary N) is 2. The van der Waals surface area contributed by atoms with Crippen molar-refractivity contribution >= 4 is 15.7 Å². The molecule has 0 bridgehead atoms. The Balaban J connectivity index is 2.51. The van der Waals surface area contributed by atoms with Crippen LogP contribution in [-0.2, 0) is 14.6 Å². The van der Waals surface area contributed by atoms with Crippen molar-refractivity contribution in [2.75, 3.05) is 18.1 Å². The highest BCUT2D eigenvalue weighted by Crippen LogP contribution is 2.26. The highest BCUT2D eigenvalue weighted by atomic mass is 32.2. The van der Waals surface area contributed by atoms with Crippen LogP contribution in [0.25, 0.3) is 0 Å². The van der Waals surface area contributed by atoms with Gasteiger partial charge in [-0.3, -0.25) is 4.79 Å². The molecule has 1 saturated heterocycles. The Hall–Kier alpha value is -0.620. The van der Waals surface area contributed by atoms with E-state index in [9.17, 15) is 13.2 Å². The Bertz CT molecular complexity index is 450. The Kier molecular flexibility index (Phi) is 5.24. The minimum atomic E-state index is -2.99. The molecule has 1 fully saturated rings. The highest BCUT2D eigenvalue weighted by Gasteiger charge is 2.30. The topological polar surface area (TPSA) is 75.3 Å². The summed E-state index contributed by atoms with van der Waals surface area (Å²) in [7, 11) is -2.99. The summed E-state index contributed by atoms with van der Waals surface area (Å²) < 4.78 is 23.1. The van der Waals surface area contributed by atoms with Crippen molar-refractivity contribution in [2.45, 2.75) is 59.0 Å². The van der Waals surface area contributed by atoms with Crippen LogP contribution < -0.4 is 10.6 Å². The highest BCUT2D eigenvalue weighted by molar-refractivity contribution is 7.91. The van der Waals surface area contributed by atoms with Gasteiger partial charge in [0.15, 0.2) is 9.84 Å². The third-order valence-electron chi connectivity index (χ3n) is 3.18. The van der Waals surface area contributed by atoms with E-state index in [1.54, 1.807) is 0 Å². The number of rotatable bonds is 4. The average molecular weight is 304 g/mol. The van der Waals surface area contributed by atoms with E-state index in [4.69, 9.17) is 0 Å². The summed E-state index contributed by atoms with van der Waals surface area (Å²) in [6.45, 7) is 10.8. The summed E-state index contributed by atoms with van der Waals surface area (Å²) in [5.41, 5.74) is -0.161. The fourth-order valence-corrected chi connectivity index (χ4v) is 4.46. The summed E-state index contributed by atoms with van der Waals surface area (Å²) in [5.74, 6) is 0.134. The number of amides is 1. The van der Waals surface area contributed by atoms with Gasteiger partial charge in [-0.2, -0.15) is 0 Å². The number of hydrogen-bond donors (Lipinski definition) is 2. The van der Waals surface area contributed by atoms with Crippen molar-refractivity contribution in [1.29, 1.82) is 0 Å². The Labute approximate surface area is 122 Å². The van der Waals surface area contributed by atoms with Crippen LogP contribution in [0.4, 0.5) is 0 Å². The maximum atomic E-state index is 12.1. The lowest BCUT2D eigenvalue weighted by atomic mass is 9.81. The van der Waals surface area contributed by atoms with E-state index in [0.717, 1.165) is 6.42 Å². The van der Waals surface area contributed by atoms with Gasteiger partial charge in [0.25, 0.3) is 0 Å². The van der Waals surface area contributed by atoms with Crippen LogP contribution in [0.2, 0.25) is 0 Å². The van der Waals surface area contributed by atoms with Gasteiger partial charge in [0, 0.05) is 24.5 Å². The zero-order valence-corrected chi connectivity index (χ0v) is 14.1. The predicted octanol–water partition coefficient (Wildman–Crippen LogP) is 1.09. The standard InChI is InChI=1S/C14H28N2O3S/c1-13(2,3)10-14(4,5)16-12(17)8-11-9-20(18,19)7-6-15-11/h11,15H,6-10H2,1-5H3,(H,16,17). The first-order chi connectivity index (χ1) is 8.89.